The molecule has 0 spiro atoms. The van der Waals surface area contributed by atoms with Crippen molar-refractivity contribution < 1.29 is 22.7 Å². The third-order valence-corrected chi connectivity index (χ3v) is 5.42. The van der Waals surface area contributed by atoms with E-state index < -0.39 is 35.1 Å². The molecule has 0 heterocycles. The van der Waals surface area contributed by atoms with Gasteiger partial charge in [0.2, 0.25) is 10.0 Å². The Morgan fingerprint density at radius 2 is 1.66 bits per heavy atom. The number of rotatable bonds is 7. The summed E-state index contributed by atoms with van der Waals surface area (Å²) in [5.74, 6) is -1.42. The first kappa shape index (κ1) is 22.1. The van der Waals surface area contributed by atoms with Gasteiger partial charge >= 0.3 is 5.97 Å². The maximum Gasteiger partial charge on any atom is 0.321 e. The van der Waals surface area contributed by atoms with Gasteiger partial charge in [0.1, 0.15) is 6.54 Å². The zero-order valence-electron chi connectivity index (χ0n) is 16.3. The third-order valence-electron chi connectivity index (χ3n) is 4.01. The first-order valence-corrected chi connectivity index (χ1v) is 10.1. The van der Waals surface area contributed by atoms with Crippen LogP contribution in [0.2, 0.25) is 0 Å². The molecule has 0 aromatic heterocycles. The summed E-state index contributed by atoms with van der Waals surface area (Å²) < 4.78 is 31.2. The fraction of sp³-hybridized carbons (Fsp3) is 0.250. The molecule has 2 N–H and O–H groups in total. The number of amides is 1. The third kappa shape index (κ3) is 6.14. The molecule has 29 heavy (non-hydrogen) atoms. The lowest BCUT2D eigenvalue weighted by molar-refractivity contribution is -0.146. The van der Waals surface area contributed by atoms with Crippen molar-refractivity contribution in [2.75, 3.05) is 18.5 Å². The highest BCUT2D eigenvalue weighted by Gasteiger charge is 2.17. The van der Waals surface area contributed by atoms with Crippen LogP contribution in [0.4, 0.5) is 5.69 Å². The van der Waals surface area contributed by atoms with Crippen LogP contribution in [0.25, 0.3) is 0 Å². The zero-order chi connectivity index (χ0) is 21.6. The quantitative estimate of drug-likeness (QED) is 0.666. The smallest absolute Gasteiger partial charge is 0.321 e. The molecule has 0 radical (unpaired) electrons. The number of esters is 1. The van der Waals surface area contributed by atoms with Gasteiger partial charge in [-0.3, -0.25) is 9.59 Å². The van der Waals surface area contributed by atoms with Crippen LogP contribution in [-0.2, 0) is 24.3 Å². The largest absolute Gasteiger partial charge is 0.455 e. The van der Waals surface area contributed by atoms with E-state index in [0.29, 0.717) is 11.3 Å². The minimum atomic E-state index is -3.94. The Labute approximate surface area is 169 Å². The highest BCUT2D eigenvalue weighted by molar-refractivity contribution is 7.89. The molecule has 0 aliphatic heterocycles. The van der Waals surface area contributed by atoms with Crippen molar-refractivity contribution in [3.63, 3.8) is 0 Å². The standard InChI is InChI=1S/C20H21N3O5S/c1-13-8-14(2)20(15(3)9-13)23-18(24)12-28-19(25)11-22-29(26,27)17-6-4-16(10-21)5-7-17/h4-9,22H,11-12H2,1-3H3,(H,23,24). The molecule has 9 heteroatoms. The van der Waals surface area contributed by atoms with Crippen LogP contribution in [0.3, 0.4) is 0 Å². The Morgan fingerprint density at radius 3 is 2.21 bits per heavy atom. The number of benzene rings is 2. The Kier molecular flexibility index (Phi) is 7.09. The molecule has 152 valence electrons. The van der Waals surface area contributed by atoms with Crippen molar-refractivity contribution in [1.82, 2.24) is 4.72 Å². The van der Waals surface area contributed by atoms with E-state index in [-0.39, 0.29) is 4.90 Å². The van der Waals surface area contributed by atoms with E-state index in [9.17, 15) is 18.0 Å². The number of nitriles is 1. The predicted octanol–water partition coefficient (Wildman–Crippen LogP) is 1.94. The SMILES string of the molecule is Cc1cc(C)c(NC(=O)COC(=O)CNS(=O)(=O)c2ccc(C#N)cc2)c(C)c1. The molecule has 2 rings (SSSR count). The Morgan fingerprint density at radius 1 is 1.07 bits per heavy atom. The lowest BCUT2D eigenvalue weighted by atomic mass is 10.1. The van der Waals surface area contributed by atoms with Crippen molar-refractivity contribution in [2.45, 2.75) is 25.7 Å². The van der Waals surface area contributed by atoms with Crippen LogP contribution < -0.4 is 10.0 Å². The lowest BCUT2D eigenvalue weighted by Crippen LogP contribution is -2.32. The number of ether oxygens (including phenoxy) is 1. The van der Waals surface area contributed by atoms with Crippen LogP contribution in [0.15, 0.2) is 41.3 Å². The molecule has 2 aromatic rings. The second-order valence-electron chi connectivity index (χ2n) is 6.44. The molecule has 0 saturated carbocycles. The van der Waals surface area contributed by atoms with Crippen molar-refractivity contribution in [2.24, 2.45) is 0 Å². The highest BCUT2D eigenvalue weighted by Crippen LogP contribution is 2.21. The first-order valence-electron chi connectivity index (χ1n) is 8.65. The van der Waals surface area contributed by atoms with Gasteiger partial charge in [-0.15, -0.1) is 0 Å². The first-order chi connectivity index (χ1) is 13.6. The normalized spacial score (nSPS) is 10.8. The van der Waals surface area contributed by atoms with Gasteiger partial charge < -0.3 is 10.1 Å². The van der Waals surface area contributed by atoms with E-state index in [1.54, 1.807) is 0 Å². The maximum atomic E-state index is 12.1. The number of carbonyl (C=O) groups excluding carboxylic acids is 2. The average molecular weight is 415 g/mol. The van der Waals surface area contributed by atoms with Gasteiger partial charge in [-0.05, 0) is 56.2 Å². The highest BCUT2D eigenvalue weighted by atomic mass is 32.2. The van der Waals surface area contributed by atoms with Crippen LogP contribution in [0, 0.1) is 32.1 Å². The predicted molar refractivity (Wildman–Crippen MR) is 107 cm³/mol. The van der Waals surface area contributed by atoms with E-state index in [4.69, 9.17) is 10.00 Å². The molecule has 2 aromatic carbocycles. The summed E-state index contributed by atoms with van der Waals surface area (Å²) in [6.07, 6.45) is 0. The molecule has 0 aliphatic rings. The molecule has 0 unspecified atom stereocenters. The van der Waals surface area contributed by atoms with E-state index in [0.717, 1.165) is 16.7 Å². The number of hydrogen-bond acceptors (Lipinski definition) is 6. The molecule has 0 aliphatic carbocycles. The van der Waals surface area contributed by atoms with Crippen molar-refractivity contribution >= 4 is 27.6 Å². The summed E-state index contributed by atoms with van der Waals surface area (Å²) in [5.41, 5.74) is 3.81. The van der Waals surface area contributed by atoms with E-state index >= 15 is 0 Å². The summed E-state index contributed by atoms with van der Waals surface area (Å²) in [4.78, 5) is 23.7. The number of carbonyl (C=O) groups is 2. The Hall–Kier alpha value is -3.22. The Balaban J connectivity index is 1.86. The number of aryl methyl sites for hydroxylation is 3. The number of hydrogen-bond donors (Lipinski definition) is 2. The topological polar surface area (TPSA) is 125 Å². The molecular weight excluding hydrogens is 394 g/mol. The zero-order valence-corrected chi connectivity index (χ0v) is 17.1. The lowest BCUT2D eigenvalue weighted by Gasteiger charge is -2.13. The summed E-state index contributed by atoms with van der Waals surface area (Å²) in [6, 6.07) is 10.9. The Bertz CT molecular complexity index is 1050. The second-order valence-corrected chi connectivity index (χ2v) is 8.21. The van der Waals surface area contributed by atoms with Gasteiger partial charge in [0.05, 0.1) is 16.5 Å². The van der Waals surface area contributed by atoms with E-state index in [1.807, 2.05) is 39.0 Å². The number of anilines is 1. The summed E-state index contributed by atoms with van der Waals surface area (Å²) >= 11 is 0. The second kappa shape index (κ2) is 9.32. The minimum Gasteiger partial charge on any atom is -0.455 e. The van der Waals surface area contributed by atoms with Gasteiger partial charge in [-0.2, -0.15) is 9.98 Å². The minimum absolute atomic E-state index is 0.0904. The molecule has 1 amide bonds. The van der Waals surface area contributed by atoms with Crippen LogP contribution >= 0.6 is 0 Å². The molecule has 0 bridgehead atoms. The molecule has 0 saturated heterocycles. The van der Waals surface area contributed by atoms with Gasteiger partial charge in [0.15, 0.2) is 6.61 Å². The van der Waals surface area contributed by atoms with Gasteiger partial charge in [-0.1, -0.05) is 17.7 Å². The summed E-state index contributed by atoms with van der Waals surface area (Å²) in [7, 11) is -3.94. The number of nitrogens with one attached hydrogen (secondary N) is 2. The molecule has 0 fully saturated rings. The molecule has 0 atom stereocenters. The fourth-order valence-corrected chi connectivity index (χ4v) is 3.66. The van der Waals surface area contributed by atoms with Crippen LogP contribution in [-0.4, -0.2) is 33.4 Å². The average Bonchev–Trinajstić information content (AvgIpc) is 2.67. The molecule has 8 nitrogen and oxygen atoms in total. The van der Waals surface area contributed by atoms with Gasteiger partial charge in [0, 0.05) is 5.69 Å². The number of nitrogens with zero attached hydrogens (tertiary/aromatic N) is 1. The summed E-state index contributed by atoms with van der Waals surface area (Å²) in [5, 5.41) is 11.4. The maximum absolute atomic E-state index is 12.1. The van der Waals surface area contributed by atoms with E-state index in [2.05, 4.69) is 10.0 Å². The summed E-state index contributed by atoms with van der Waals surface area (Å²) in [6.45, 7) is 4.51. The van der Waals surface area contributed by atoms with Crippen molar-refractivity contribution in [3.05, 3.63) is 58.7 Å². The van der Waals surface area contributed by atoms with E-state index in [1.165, 1.54) is 24.3 Å². The van der Waals surface area contributed by atoms with Gasteiger partial charge in [-0.25, -0.2) is 8.42 Å². The number of sulfonamides is 1. The molecular formula is C20H21N3O5S. The monoisotopic (exact) mass is 415 g/mol. The fourth-order valence-electron chi connectivity index (χ4n) is 2.70. The van der Waals surface area contributed by atoms with Crippen molar-refractivity contribution in [1.29, 1.82) is 5.26 Å². The van der Waals surface area contributed by atoms with Crippen LogP contribution in [0.5, 0.6) is 0 Å². The van der Waals surface area contributed by atoms with Crippen LogP contribution in [0.1, 0.15) is 22.3 Å². The van der Waals surface area contributed by atoms with Crippen molar-refractivity contribution in [3.8, 4) is 6.07 Å². The van der Waals surface area contributed by atoms with Gasteiger partial charge in [0.25, 0.3) is 5.91 Å².